The summed E-state index contributed by atoms with van der Waals surface area (Å²) in [6, 6.07) is 5.93. The molecular weight excluding hydrogens is 306 g/mol. The molecule has 0 aromatic heterocycles. The molecule has 0 amide bonds. The van der Waals surface area contributed by atoms with Crippen LogP contribution in [0.5, 0.6) is 0 Å². The molecule has 0 bridgehead atoms. The van der Waals surface area contributed by atoms with Gasteiger partial charge >= 0.3 is 0 Å². The lowest BCUT2D eigenvalue weighted by molar-refractivity contribution is 0.101. The quantitative estimate of drug-likeness (QED) is 0.774. The van der Waals surface area contributed by atoms with E-state index < -0.39 is 0 Å². The van der Waals surface area contributed by atoms with Crippen molar-refractivity contribution in [3.63, 3.8) is 0 Å². The molecule has 1 heterocycles. The van der Waals surface area contributed by atoms with Gasteiger partial charge in [0.05, 0.1) is 6.10 Å². The van der Waals surface area contributed by atoms with Crippen LogP contribution in [0.15, 0.2) is 22.7 Å². The molecule has 4 heteroatoms. The second-order valence-electron chi connectivity index (χ2n) is 4.89. The van der Waals surface area contributed by atoms with Crippen LogP contribution in [0.1, 0.15) is 37.0 Å². The highest BCUT2D eigenvalue weighted by molar-refractivity contribution is 9.10. The molecule has 1 atom stereocenters. The number of anilines is 1. The number of ketones is 1. The number of likely N-dealkylation sites (N-methyl/N-ethyl adjacent to an activating group) is 1. The van der Waals surface area contributed by atoms with Gasteiger partial charge in [0, 0.05) is 35.4 Å². The van der Waals surface area contributed by atoms with E-state index in [1.165, 1.54) is 0 Å². The second-order valence-corrected chi connectivity index (χ2v) is 5.75. The first kappa shape index (κ1) is 14.5. The van der Waals surface area contributed by atoms with Crippen molar-refractivity contribution >= 4 is 27.4 Å². The molecule has 0 spiro atoms. The maximum Gasteiger partial charge on any atom is 0.160 e. The van der Waals surface area contributed by atoms with Gasteiger partial charge in [-0.05, 0) is 60.8 Å². The molecule has 19 heavy (non-hydrogen) atoms. The van der Waals surface area contributed by atoms with E-state index in [0.717, 1.165) is 48.3 Å². The lowest BCUT2D eigenvalue weighted by atomic mass is 10.1. The zero-order valence-electron chi connectivity index (χ0n) is 11.5. The number of benzene rings is 1. The number of carbonyl (C=O) groups is 1. The Hall–Kier alpha value is -0.870. The third-order valence-corrected chi connectivity index (χ3v) is 4.18. The molecule has 1 fully saturated rings. The minimum atomic E-state index is 0.0839. The van der Waals surface area contributed by atoms with Gasteiger partial charge in [-0.1, -0.05) is 0 Å². The summed E-state index contributed by atoms with van der Waals surface area (Å²) in [4.78, 5) is 13.7. The Bertz CT molecular complexity index is 455. The lowest BCUT2D eigenvalue weighted by Crippen LogP contribution is -2.32. The average Bonchev–Trinajstić information content (AvgIpc) is 2.88. The van der Waals surface area contributed by atoms with Crippen LogP contribution in [0.2, 0.25) is 0 Å². The largest absolute Gasteiger partial charge is 0.376 e. The number of rotatable bonds is 5. The van der Waals surface area contributed by atoms with Crippen molar-refractivity contribution in [1.29, 1.82) is 0 Å². The summed E-state index contributed by atoms with van der Waals surface area (Å²) in [5.74, 6) is 0.0839. The van der Waals surface area contributed by atoms with E-state index in [4.69, 9.17) is 4.74 Å². The van der Waals surface area contributed by atoms with Crippen LogP contribution in [0.25, 0.3) is 0 Å². The third-order valence-electron chi connectivity index (χ3n) is 3.53. The first-order chi connectivity index (χ1) is 9.11. The summed E-state index contributed by atoms with van der Waals surface area (Å²) in [6.45, 7) is 6.47. The van der Waals surface area contributed by atoms with E-state index in [-0.39, 0.29) is 5.78 Å². The molecule has 1 aliphatic heterocycles. The molecule has 0 aliphatic carbocycles. The first-order valence-electron chi connectivity index (χ1n) is 6.79. The van der Waals surface area contributed by atoms with Crippen LogP contribution in [0, 0.1) is 0 Å². The third kappa shape index (κ3) is 3.57. The summed E-state index contributed by atoms with van der Waals surface area (Å²) in [5.41, 5.74) is 1.87. The van der Waals surface area contributed by atoms with Crippen LogP contribution < -0.4 is 4.90 Å². The summed E-state index contributed by atoms with van der Waals surface area (Å²) >= 11 is 3.48. The van der Waals surface area contributed by atoms with Gasteiger partial charge in [-0.2, -0.15) is 0 Å². The predicted octanol–water partition coefficient (Wildman–Crippen LogP) is 3.66. The Kier molecular flexibility index (Phi) is 4.99. The molecular formula is C15H20BrNO2. The van der Waals surface area contributed by atoms with Gasteiger partial charge in [0.2, 0.25) is 0 Å². The summed E-state index contributed by atoms with van der Waals surface area (Å²) in [5, 5.41) is 0. The predicted molar refractivity (Wildman–Crippen MR) is 81.0 cm³/mol. The van der Waals surface area contributed by atoms with Crippen LogP contribution in [-0.2, 0) is 4.74 Å². The minimum Gasteiger partial charge on any atom is -0.376 e. The van der Waals surface area contributed by atoms with E-state index in [1.807, 2.05) is 18.2 Å². The van der Waals surface area contributed by atoms with E-state index in [2.05, 4.69) is 27.8 Å². The highest BCUT2D eigenvalue weighted by Gasteiger charge is 2.19. The standard InChI is InChI=1S/C15H20BrNO2/c1-3-17(10-13-5-4-8-19-13)12-6-7-14(11(2)18)15(16)9-12/h6-7,9,13H,3-5,8,10H2,1-2H3. The normalized spacial score (nSPS) is 18.6. The van der Waals surface area contributed by atoms with Gasteiger partial charge in [-0.15, -0.1) is 0 Å². The van der Waals surface area contributed by atoms with Gasteiger partial charge in [-0.3, -0.25) is 4.79 Å². The highest BCUT2D eigenvalue weighted by atomic mass is 79.9. The van der Waals surface area contributed by atoms with Crippen LogP contribution in [-0.4, -0.2) is 31.6 Å². The zero-order valence-corrected chi connectivity index (χ0v) is 13.1. The first-order valence-corrected chi connectivity index (χ1v) is 7.58. The number of carbonyl (C=O) groups excluding carboxylic acids is 1. The number of ether oxygens (including phenoxy) is 1. The number of Topliss-reactive ketones (excluding diaryl/α,β-unsaturated/α-hetero) is 1. The molecule has 2 rings (SSSR count). The molecule has 1 aliphatic rings. The fraction of sp³-hybridized carbons (Fsp3) is 0.533. The molecule has 1 saturated heterocycles. The Labute approximate surface area is 123 Å². The Morgan fingerprint density at radius 1 is 1.53 bits per heavy atom. The van der Waals surface area contributed by atoms with Gasteiger partial charge < -0.3 is 9.64 Å². The molecule has 0 N–H and O–H groups in total. The zero-order chi connectivity index (χ0) is 13.8. The van der Waals surface area contributed by atoms with E-state index >= 15 is 0 Å². The van der Waals surface area contributed by atoms with E-state index in [1.54, 1.807) is 6.92 Å². The minimum absolute atomic E-state index is 0.0839. The number of hydrogen-bond acceptors (Lipinski definition) is 3. The molecule has 0 radical (unpaired) electrons. The Morgan fingerprint density at radius 3 is 2.84 bits per heavy atom. The monoisotopic (exact) mass is 325 g/mol. The summed E-state index contributed by atoms with van der Waals surface area (Å²) in [7, 11) is 0. The van der Waals surface area contributed by atoms with Crippen LogP contribution in [0.4, 0.5) is 5.69 Å². The van der Waals surface area contributed by atoms with Crippen molar-refractivity contribution in [1.82, 2.24) is 0 Å². The van der Waals surface area contributed by atoms with E-state index in [0.29, 0.717) is 6.10 Å². The van der Waals surface area contributed by atoms with Gasteiger partial charge in [-0.25, -0.2) is 0 Å². The maximum absolute atomic E-state index is 11.4. The fourth-order valence-electron chi connectivity index (χ4n) is 2.44. The Balaban J connectivity index is 2.13. The van der Waals surface area contributed by atoms with Crippen molar-refractivity contribution in [2.24, 2.45) is 0 Å². The molecule has 1 aromatic rings. The van der Waals surface area contributed by atoms with Gasteiger partial charge in [0.25, 0.3) is 0 Å². The highest BCUT2D eigenvalue weighted by Crippen LogP contribution is 2.26. The van der Waals surface area contributed by atoms with E-state index in [9.17, 15) is 4.79 Å². The fourth-order valence-corrected chi connectivity index (χ4v) is 3.08. The SMILES string of the molecule is CCN(CC1CCCO1)c1ccc(C(C)=O)c(Br)c1. The second kappa shape index (κ2) is 6.53. The maximum atomic E-state index is 11.4. The van der Waals surface area contributed by atoms with Crippen LogP contribution >= 0.6 is 15.9 Å². The number of hydrogen-bond donors (Lipinski definition) is 0. The topological polar surface area (TPSA) is 29.5 Å². The molecule has 1 aromatic carbocycles. The van der Waals surface area contributed by atoms with Crippen molar-refractivity contribution in [2.75, 3.05) is 24.6 Å². The molecule has 104 valence electrons. The van der Waals surface area contributed by atoms with Crippen molar-refractivity contribution in [2.45, 2.75) is 32.8 Å². The van der Waals surface area contributed by atoms with Gasteiger partial charge in [0.15, 0.2) is 5.78 Å². The summed E-state index contributed by atoms with van der Waals surface area (Å²) < 4.78 is 6.56. The number of halogens is 1. The smallest absolute Gasteiger partial charge is 0.160 e. The summed E-state index contributed by atoms with van der Waals surface area (Å²) in [6.07, 6.45) is 2.64. The lowest BCUT2D eigenvalue weighted by Gasteiger charge is -2.26. The van der Waals surface area contributed by atoms with Crippen molar-refractivity contribution in [3.8, 4) is 0 Å². The van der Waals surface area contributed by atoms with Crippen LogP contribution in [0.3, 0.4) is 0 Å². The average molecular weight is 326 g/mol. The number of nitrogens with zero attached hydrogens (tertiary/aromatic N) is 1. The molecule has 3 nitrogen and oxygen atoms in total. The molecule has 1 unspecified atom stereocenters. The van der Waals surface area contributed by atoms with Crippen molar-refractivity contribution < 1.29 is 9.53 Å². The molecule has 0 saturated carbocycles. The van der Waals surface area contributed by atoms with Crippen molar-refractivity contribution in [3.05, 3.63) is 28.2 Å². The van der Waals surface area contributed by atoms with Gasteiger partial charge in [0.1, 0.15) is 0 Å². The Morgan fingerprint density at radius 2 is 2.32 bits per heavy atom.